The van der Waals surface area contributed by atoms with Crippen LogP contribution < -0.4 is 10.2 Å². The van der Waals surface area contributed by atoms with Crippen molar-refractivity contribution < 1.29 is 9.53 Å². The number of hydrogen-bond acceptors (Lipinski definition) is 3. The summed E-state index contributed by atoms with van der Waals surface area (Å²) in [7, 11) is 0. The van der Waals surface area contributed by atoms with Crippen molar-refractivity contribution in [1.82, 2.24) is 0 Å². The van der Waals surface area contributed by atoms with Crippen LogP contribution in [0.25, 0.3) is 0 Å². The largest absolute Gasteiger partial charge is 0.447 e. The van der Waals surface area contributed by atoms with Crippen LogP contribution in [-0.4, -0.2) is 19.2 Å². The van der Waals surface area contributed by atoms with E-state index in [1.807, 2.05) is 6.07 Å². The molecule has 1 fully saturated rings. The van der Waals surface area contributed by atoms with Crippen LogP contribution in [0.5, 0.6) is 0 Å². The van der Waals surface area contributed by atoms with Crippen LogP contribution in [0.15, 0.2) is 36.4 Å². The minimum atomic E-state index is -0.258. The molecule has 1 N–H and O–H groups in total. The number of hydrogen-bond donors (Lipinski definition) is 1. The summed E-state index contributed by atoms with van der Waals surface area (Å²) in [6.45, 7) is 5.32. The summed E-state index contributed by atoms with van der Waals surface area (Å²) in [5.74, 6) is 0. The van der Waals surface area contributed by atoms with Gasteiger partial charge >= 0.3 is 6.09 Å². The fourth-order valence-electron chi connectivity index (χ4n) is 3.65. The number of carbonyl (C=O) groups excluding carboxylic acids is 1. The molecule has 1 unspecified atom stereocenters. The lowest BCUT2D eigenvalue weighted by Crippen LogP contribution is -2.23. The number of benzene rings is 2. The molecule has 124 valence electrons. The second kappa shape index (κ2) is 5.86. The molecule has 1 aliphatic heterocycles. The topological polar surface area (TPSA) is 41.6 Å². The molecule has 2 aromatic rings. The minimum absolute atomic E-state index is 0.258. The molecule has 0 radical (unpaired) electrons. The minimum Gasteiger partial charge on any atom is -0.447 e. The Hall–Kier alpha value is -2.49. The van der Waals surface area contributed by atoms with Gasteiger partial charge in [0, 0.05) is 11.4 Å². The highest BCUT2D eigenvalue weighted by Crippen LogP contribution is 2.36. The van der Waals surface area contributed by atoms with Gasteiger partial charge in [0.15, 0.2) is 0 Å². The Morgan fingerprint density at radius 1 is 1.17 bits per heavy atom. The second-order valence-electron chi connectivity index (χ2n) is 6.70. The van der Waals surface area contributed by atoms with Gasteiger partial charge in [0.25, 0.3) is 0 Å². The van der Waals surface area contributed by atoms with Crippen molar-refractivity contribution in [2.24, 2.45) is 0 Å². The lowest BCUT2D eigenvalue weighted by atomic mass is 10.0. The molecule has 4 rings (SSSR count). The smallest absolute Gasteiger partial charge is 0.414 e. The van der Waals surface area contributed by atoms with Gasteiger partial charge in [0.2, 0.25) is 0 Å². The zero-order valence-corrected chi connectivity index (χ0v) is 14.1. The van der Waals surface area contributed by atoms with Crippen molar-refractivity contribution in [1.29, 1.82) is 0 Å². The molecular formula is C20H22N2O2. The molecule has 0 spiro atoms. The number of anilines is 2. The number of fused-ring (bicyclic) bond motifs is 1. The zero-order chi connectivity index (χ0) is 16.7. The Morgan fingerprint density at radius 3 is 2.83 bits per heavy atom. The number of cyclic esters (lactones) is 1. The highest BCUT2D eigenvalue weighted by molar-refractivity contribution is 5.90. The summed E-state index contributed by atoms with van der Waals surface area (Å²) in [5, 5.41) is 3.68. The molecule has 2 aromatic carbocycles. The predicted octanol–water partition coefficient (Wildman–Crippen LogP) is 4.36. The first-order valence-electron chi connectivity index (χ1n) is 8.53. The van der Waals surface area contributed by atoms with E-state index in [1.54, 1.807) is 4.90 Å². The van der Waals surface area contributed by atoms with Crippen molar-refractivity contribution in [2.75, 3.05) is 23.4 Å². The van der Waals surface area contributed by atoms with E-state index in [-0.39, 0.29) is 6.09 Å². The number of rotatable bonds is 3. The summed E-state index contributed by atoms with van der Waals surface area (Å²) in [6.07, 6.45) is 1.96. The van der Waals surface area contributed by atoms with Crippen molar-refractivity contribution in [3.05, 3.63) is 58.7 Å². The van der Waals surface area contributed by atoms with E-state index < -0.39 is 0 Å². The van der Waals surface area contributed by atoms with Gasteiger partial charge in [0.05, 0.1) is 12.6 Å². The molecule has 0 bridgehead atoms. The molecule has 0 saturated carbocycles. The number of aryl methyl sites for hydroxylation is 3. The first-order chi connectivity index (χ1) is 11.6. The Kier molecular flexibility index (Phi) is 3.68. The third-order valence-electron chi connectivity index (χ3n) is 5.00. The average molecular weight is 322 g/mol. The Bertz CT molecular complexity index is 800. The maximum atomic E-state index is 11.8. The number of carbonyl (C=O) groups is 1. The van der Waals surface area contributed by atoms with Crippen LogP contribution in [0.3, 0.4) is 0 Å². The van der Waals surface area contributed by atoms with Crippen LogP contribution in [0.2, 0.25) is 0 Å². The first kappa shape index (κ1) is 15.1. The monoisotopic (exact) mass is 322 g/mol. The third kappa shape index (κ3) is 2.62. The molecule has 1 atom stereocenters. The first-order valence-corrected chi connectivity index (χ1v) is 8.53. The average Bonchev–Trinajstić information content (AvgIpc) is 3.16. The van der Waals surface area contributed by atoms with Crippen LogP contribution in [0.4, 0.5) is 16.2 Å². The van der Waals surface area contributed by atoms with E-state index in [9.17, 15) is 4.79 Å². The van der Waals surface area contributed by atoms with Crippen LogP contribution >= 0.6 is 0 Å². The molecule has 1 amide bonds. The quantitative estimate of drug-likeness (QED) is 0.913. The Labute approximate surface area is 142 Å². The Balaban J connectivity index is 1.60. The highest BCUT2D eigenvalue weighted by atomic mass is 16.6. The normalized spacial score (nSPS) is 19.3. The molecule has 1 saturated heterocycles. The molecule has 2 aliphatic rings. The maximum absolute atomic E-state index is 11.8. The number of nitrogens with one attached hydrogen (secondary N) is 1. The number of nitrogens with zero attached hydrogens (tertiary/aromatic N) is 1. The number of ether oxygens (including phenoxy) is 1. The molecule has 24 heavy (non-hydrogen) atoms. The fraction of sp³-hybridized carbons (Fsp3) is 0.350. The predicted molar refractivity (Wildman–Crippen MR) is 95.7 cm³/mol. The van der Waals surface area contributed by atoms with Crippen molar-refractivity contribution in [3.8, 4) is 0 Å². The van der Waals surface area contributed by atoms with E-state index in [1.165, 1.54) is 22.3 Å². The molecule has 0 aromatic heterocycles. The van der Waals surface area contributed by atoms with Gasteiger partial charge in [0.1, 0.15) is 6.61 Å². The molecular weight excluding hydrogens is 300 g/mol. The van der Waals surface area contributed by atoms with Crippen molar-refractivity contribution >= 4 is 17.5 Å². The van der Waals surface area contributed by atoms with Crippen molar-refractivity contribution in [3.63, 3.8) is 0 Å². The summed E-state index contributed by atoms with van der Waals surface area (Å²) in [6, 6.07) is 13.2. The van der Waals surface area contributed by atoms with Gasteiger partial charge in [-0.2, -0.15) is 0 Å². The van der Waals surface area contributed by atoms with Gasteiger partial charge in [-0.3, -0.25) is 4.90 Å². The second-order valence-corrected chi connectivity index (χ2v) is 6.70. The molecule has 1 aliphatic carbocycles. The van der Waals surface area contributed by atoms with E-state index in [0.717, 1.165) is 24.2 Å². The van der Waals surface area contributed by atoms with E-state index >= 15 is 0 Å². The maximum Gasteiger partial charge on any atom is 0.414 e. The van der Waals surface area contributed by atoms with E-state index in [2.05, 4.69) is 49.5 Å². The zero-order valence-electron chi connectivity index (χ0n) is 14.1. The van der Waals surface area contributed by atoms with Crippen LogP contribution in [0.1, 0.15) is 34.7 Å². The molecule has 4 nitrogen and oxygen atoms in total. The third-order valence-corrected chi connectivity index (χ3v) is 5.00. The van der Waals surface area contributed by atoms with E-state index in [4.69, 9.17) is 4.74 Å². The molecule has 4 heteroatoms. The Morgan fingerprint density at radius 2 is 2.04 bits per heavy atom. The standard InChI is InChI=1S/C20H22N2O2/c1-13-3-7-17-15(11-13)5-8-18(17)21-19-12-16(6-4-14(19)2)22-9-10-24-20(22)23/h3-4,6-7,11-12,18,21H,5,8-10H2,1-2H3. The summed E-state index contributed by atoms with van der Waals surface area (Å²) in [4.78, 5) is 13.5. The number of amides is 1. The van der Waals surface area contributed by atoms with Gasteiger partial charge in [-0.15, -0.1) is 0 Å². The lowest BCUT2D eigenvalue weighted by Gasteiger charge is -2.20. The fourth-order valence-corrected chi connectivity index (χ4v) is 3.65. The van der Waals surface area contributed by atoms with Crippen LogP contribution in [-0.2, 0) is 11.2 Å². The van der Waals surface area contributed by atoms with Gasteiger partial charge < -0.3 is 10.1 Å². The van der Waals surface area contributed by atoms with Crippen LogP contribution in [0, 0.1) is 13.8 Å². The van der Waals surface area contributed by atoms with Gasteiger partial charge in [-0.25, -0.2) is 4.79 Å². The van der Waals surface area contributed by atoms with Gasteiger partial charge in [-0.1, -0.05) is 29.8 Å². The summed E-state index contributed by atoms with van der Waals surface area (Å²) in [5.41, 5.74) is 7.33. The molecule has 1 heterocycles. The SMILES string of the molecule is Cc1ccc2c(c1)CCC2Nc1cc(N2CCOC2=O)ccc1C. The lowest BCUT2D eigenvalue weighted by molar-refractivity contribution is 0.181. The van der Waals surface area contributed by atoms with Gasteiger partial charge in [-0.05, 0) is 55.5 Å². The van der Waals surface area contributed by atoms with E-state index in [0.29, 0.717) is 19.2 Å². The summed E-state index contributed by atoms with van der Waals surface area (Å²) < 4.78 is 5.05. The highest BCUT2D eigenvalue weighted by Gasteiger charge is 2.25. The van der Waals surface area contributed by atoms with Crippen molar-refractivity contribution in [2.45, 2.75) is 32.7 Å². The summed E-state index contributed by atoms with van der Waals surface area (Å²) >= 11 is 0.